The Kier molecular flexibility index (Phi) is 6.06. The zero-order chi connectivity index (χ0) is 16.0. The van der Waals surface area contributed by atoms with E-state index in [1.54, 1.807) is 0 Å². The molecule has 118 valence electrons. The Morgan fingerprint density at radius 2 is 2.05 bits per heavy atom. The van der Waals surface area contributed by atoms with E-state index < -0.39 is 20.6 Å². The van der Waals surface area contributed by atoms with Gasteiger partial charge in [-0.15, -0.1) is 0 Å². The third-order valence-electron chi connectivity index (χ3n) is 3.09. The van der Waals surface area contributed by atoms with Crippen molar-refractivity contribution in [2.24, 2.45) is 5.84 Å². The Labute approximate surface area is 124 Å². The van der Waals surface area contributed by atoms with Gasteiger partial charge in [0.05, 0.1) is 10.6 Å². The second-order valence-electron chi connectivity index (χ2n) is 4.62. The zero-order valence-corrected chi connectivity index (χ0v) is 12.9. The lowest BCUT2D eigenvalue weighted by Gasteiger charge is -2.17. The number of rotatable bonds is 8. The fraction of sp³-hybridized carbons (Fsp3) is 0.500. The van der Waals surface area contributed by atoms with E-state index in [1.807, 2.05) is 6.92 Å². The average molecular weight is 316 g/mol. The number of hydrogen-bond donors (Lipinski definition) is 2. The van der Waals surface area contributed by atoms with Crippen LogP contribution in [0.4, 0.5) is 11.4 Å². The van der Waals surface area contributed by atoms with Crippen molar-refractivity contribution in [3.63, 3.8) is 0 Å². The summed E-state index contributed by atoms with van der Waals surface area (Å²) < 4.78 is 26.1. The molecule has 8 nitrogen and oxygen atoms in total. The first-order valence-corrected chi connectivity index (χ1v) is 8.00. The van der Waals surface area contributed by atoms with Crippen LogP contribution in [0.3, 0.4) is 0 Å². The van der Waals surface area contributed by atoms with E-state index in [1.165, 1.54) is 19.2 Å². The minimum absolute atomic E-state index is 0.293. The Hall–Kier alpha value is -1.71. The van der Waals surface area contributed by atoms with Gasteiger partial charge in [0.15, 0.2) is 4.90 Å². The van der Waals surface area contributed by atoms with E-state index in [0.29, 0.717) is 18.7 Å². The lowest BCUT2D eigenvalue weighted by atomic mass is 10.2. The van der Waals surface area contributed by atoms with Gasteiger partial charge in [0, 0.05) is 19.7 Å². The smallest absolute Gasteiger partial charge is 0.289 e. The average Bonchev–Trinajstić information content (AvgIpc) is 2.46. The van der Waals surface area contributed by atoms with Crippen LogP contribution in [0.2, 0.25) is 0 Å². The summed E-state index contributed by atoms with van der Waals surface area (Å²) in [5.41, 5.74) is 2.12. The van der Waals surface area contributed by atoms with Crippen LogP contribution in [0.25, 0.3) is 0 Å². The van der Waals surface area contributed by atoms with Crippen LogP contribution in [0, 0.1) is 10.1 Å². The van der Waals surface area contributed by atoms with Gasteiger partial charge in [-0.1, -0.05) is 19.8 Å². The number of nitrogen functional groups attached to an aromatic ring is 1. The fourth-order valence-electron chi connectivity index (χ4n) is 1.83. The molecular formula is C12H20N4O4S. The normalized spacial score (nSPS) is 11.6. The highest BCUT2D eigenvalue weighted by molar-refractivity contribution is 7.89. The molecule has 0 fully saturated rings. The van der Waals surface area contributed by atoms with Crippen molar-refractivity contribution in [1.29, 1.82) is 0 Å². The second kappa shape index (κ2) is 7.34. The van der Waals surface area contributed by atoms with Crippen LogP contribution >= 0.6 is 0 Å². The molecule has 1 rings (SSSR count). The third-order valence-corrected chi connectivity index (χ3v) is 4.97. The van der Waals surface area contributed by atoms with Gasteiger partial charge in [0.25, 0.3) is 5.69 Å². The first-order valence-electron chi connectivity index (χ1n) is 6.56. The predicted octanol–water partition coefficient (Wildman–Crippen LogP) is 1.69. The van der Waals surface area contributed by atoms with E-state index >= 15 is 0 Å². The summed E-state index contributed by atoms with van der Waals surface area (Å²) in [6.45, 7) is 2.32. The molecule has 1 aromatic carbocycles. The van der Waals surface area contributed by atoms with E-state index in [-0.39, 0.29) is 4.90 Å². The number of sulfonamides is 1. The number of unbranched alkanes of at least 4 members (excludes halogenated alkanes) is 2. The van der Waals surface area contributed by atoms with Crippen molar-refractivity contribution in [2.75, 3.05) is 19.0 Å². The predicted molar refractivity (Wildman–Crippen MR) is 80.2 cm³/mol. The monoisotopic (exact) mass is 316 g/mol. The Morgan fingerprint density at radius 1 is 1.38 bits per heavy atom. The van der Waals surface area contributed by atoms with E-state index in [4.69, 9.17) is 5.84 Å². The largest absolute Gasteiger partial charge is 0.324 e. The Morgan fingerprint density at radius 3 is 2.57 bits per heavy atom. The summed E-state index contributed by atoms with van der Waals surface area (Å²) >= 11 is 0. The molecule has 0 aliphatic carbocycles. The molecule has 0 bridgehead atoms. The number of nitro groups is 1. The van der Waals surface area contributed by atoms with Crippen molar-refractivity contribution in [2.45, 2.75) is 31.1 Å². The molecule has 3 N–H and O–H groups in total. The molecule has 0 heterocycles. The van der Waals surface area contributed by atoms with Gasteiger partial charge in [0.1, 0.15) is 0 Å². The van der Waals surface area contributed by atoms with E-state index in [9.17, 15) is 18.5 Å². The van der Waals surface area contributed by atoms with Gasteiger partial charge in [0.2, 0.25) is 10.0 Å². The first-order chi connectivity index (χ1) is 9.84. The summed E-state index contributed by atoms with van der Waals surface area (Å²) in [5, 5.41) is 11.0. The first kappa shape index (κ1) is 17.3. The number of benzene rings is 1. The van der Waals surface area contributed by atoms with E-state index in [2.05, 4.69) is 5.43 Å². The summed E-state index contributed by atoms with van der Waals surface area (Å²) in [6, 6.07) is 3.65. The van der Waals surface area contributed by atoms with Crippen LogP contribution < -0.4 is 11.3 Å². The lowest BCUT2D eigenvalue weighted by molar-refractivity contribution is -0.387. The molecule has 0 aromatic heterocycles. The van der Waals surface area contributed by atoms with Crippen LogP contribution in [0.1, 0.15) is 26.2 Å². The molecule has 0 amide bonds. The number of nitrogens with one attached hydrogen (secondary N) is 1. The molecule has 9 heteroatoms. The van der Waals surface area contributed by atoms with Crippen LogP contribution in [0.15, 0.2) is 23.1 Å². The van der Waals surface area contributed by atoms with Crippen molar-refractivity contribution in [3.05, 3.63) is 28.3 Å². The molecule has 1 aromatic rings. The van der Waals surface area contributed by atoms with Gasteiger partial charge in [-0.25, -0.2) is 12.7 Å². The van der Waals surface area contributed by atoms with Crippen LogP contribution in [-0.2, 0) is 10.0 Å². The molecule has 21 heavy (non-hydrogen) atoms. The minimum Gasteiger partial charge on any atom is -0.324 e. The number of nitro benzene ring substituents is 1. The molecule has 0 aliphatic rings. The number of nitrogens with zero attached hydrogens (tertiary/aromatic N) is 2. The Bertz CT molecular complexity index is 603. The second-order valence-corrected chi connectivity index (χ2v) is 6.63. The molecule has 0 saturated carbocycles. The number of hydrogen-bond acceptors (Lipinski definition) is 6. The van der Waals surface area contributed by atoms with Gasteiger partial charge >= 0.3 is 0 Å². The summed E-state index contributed by atoms with van der Waals surface area (Å²) in [5.74, 6) is 5.23. The fourth-order valence-corrected chi connectivity index (χ4v) is 3.22. The van der Waals surface area contributed by atoms with Crippen molar-refractivity contribution in [3.8, 4) is 0 Å². The van der Waals surface area contributed by atoms with Gasteiger partial charge in [-0.2, -0.15) is 0 Å². The van der Waals surface area contributed by atoms with Crippen molar-refractivity contribution < 1.29 is 13.3 Å². The van der Waals surface area contributed by atoms with Crippen molar-refractivity contribution >= 4 is 21.4 Å². The van der Waals surface area contributed by atoms with Gasteiger partial charge in [-0.05, 0) is 18.6 Å². The molecule has 0 atom stereocenters. The number of anilines is 1. The number of nitrogens with two attached hydrogens (primary N) is 1. The molecule has 0 aliphatic heterocycles. The molecule has 0 spiro atoms. The highest BCUT2D eigenvalue weighted by Gasteiger charge is 2.29. The molecule has 0 radical (unpaired) electrons. The molecule has 0 saturated heterocycles. The quantitative estimate of drug-likeness (QED) is 0.326. The minimum atomic E-state index is -3.93. The van der Waals surface area contributed by atoms with Gasteiger partial charge < -0.3 is 5.43 Å². The SMILES string of the molecule is CCCCCN(C)S(=O)(=O)c1cc(NN)ccc1[N+](=O)[O-]. The van der Waals surface area contributed by atoms with Gasteiger partial charge in [-0.3, -0.25) is 16.0 Å². The molecule has 0 unspecified atom stereocenters. The maximum absolute atomic E-state index is 12.5. The van der Waals surface area contributed by atoms with Crippen LogP contribution in [-0.4, -0.2) is 31.2 Å². The van der Waals surface area contributed by atoms with Crippen molar-refractivity contribution in [1.82, 2.24) is 4.31 Å². The highest BCUT2D eigenvalue weighted by atomic mass is 32.2. The summed E-state index contributed by atoms with van der Waals surface area (Å²) in [6.07, 6.45) is 2.56. The highest BCUT2D eigenvalue weighted by Crippen LogP contribution is 2.29. The van der Waals surface area contributed by atoms with Crippen LogP contribution in [0.5, 0.6) is 0 Å². The third kappa shape index (κ3) is 4.13. The standard InChI is InChI=1S/C12H20N4O4S/c1-3-4-5-8-15(2)21(19,20)12-9-10(14-13)6-7-11(12)16(17)18/h6-7,9,14H,3-5,8,13H2,1-2H3. The maximum atomic E-state index is 12.5. The summed E-state index contributed by atoms with van der Waals surface area (Å²) in [4.78, 5) is 9.95. The number of hydrazine groups is 1. The molecular weight excluding hydrogens is 296 g/mol. The topological polar surface area (TPSA) is 119 Å². The lowest BCUT2D eigenvalue weighted by Crippen LogP contribution is -2.28. The van der Waals surface area contributed by atoms with E-state index in [0.717, 1.165) is 23.2 Å². The Balaban J connectivity index is 3.19. The summed E-state index contributed by atoms with van der Waals surface area (Å²) in [7, 11) is -2.52. The zero-order valence-electron chi connectivity index (χ0n) is 12.1. The maximum Gasteiger partial charge on any atom is 0.289 e.